The van der Waals surface area contributed by atoms with Crippen LogP contribution in [0.25, 0.3) is 0 Å². The van der Waals surface area contributed by atoms with Gasteiger partial charge >= 0.3 is 0 Å². The molecule has 0 aliphatic rings. The van der Waals surface area contributed by atoms with Gasteiger partial charge < -0.3 is 15.0 Å². The van der Waals surface area contributed by atoms with Crippen molar-refractivity contribution in [1.82, 2.24) is 10.2 Å². The highest BCUT2D eigenvalue weighted by Gasteiger charge is 2.30. The van der Waals surface area contributed by atoms with Gasteiger partial charge in [-0.05, 0) is 58.0 Å². The van der Waals surface area contributed by atoms with Gasteiger partial charge in [-0.1, -0.05) is 18.2 Å². The number of carbonyl (C=O) groups excluding carboxylic acids is 2. The molecule has 0 radical (unpaired) electrons. The zero-order valence-corrected chi connectivity index (χ0v) is 20.9. The molecule has 0 fully saturated rings. The number of carbonyl (C=O) groups is 2. The Kier molecular flexibility index (Phi) is 9.43. The Morgan fingerprint density at radius 2 is 1.68 bits per heavy atom. The second-order valence-electron chi connectivity index (χ2n) is 8.15. The molecule has 1 atom stereocenters. The molecule has 0 saturated heterocycles. The summed E-state index contributed by atoms with van der Waals surface area (Å²) in [5.41, 5.74) is 0.483. The first kappa shape index (κ1) is 27.1. The fourth-order valence-electron chi connectivity index (χ4n) is 3.29. The SMILES string of the molecule is CCOc1ccc(N(CC(=O)N(Cc2ccccc2F)C(C)C(=O)NC(C)C)S(C)(=O)=O)cc1. The van der Waals surface area contributed by atoms with E-state index in [9.17, 15) is 22.4 Å². The highest BCUT2D eigenvalue weighted by Crippen LogP contribution is 2.23. The molecular formula is C24H32FN3O5S. The van der Waals surface area contributed by atoms with Gasteiger partial charge in [0, 0.05) is 18.2 Å². The number of sulfonamides is 1. The normalized spacial score (nSPS) is 12.2. The molecule has 2 aromatic rings. The van der Waals surface area contributed by atoms with Crippen molar-refractivity contribution >= 4 is 27.5 Å². The van der Waals surface area contributed by atoms with E-state index in [1.807, 2.05) is 6.92 Å². The monoisotopic (exact) mass is 493 g/mol. The van der Waals surface area contributed by atoms with Gasteiger partial charge in [-0.15, -0.1) is 0 Å². The Morgan fingerprint density at radius 3 is 2.21 bits per heavy atom. The van der Waals surface area contributed by atoms with Crippen molar-refractivity contribution in [2.45, 2.75) is 46.3 Å². The number of rotatable bonds is 11. The molecule has 0 saturated carbocycles. The van der Waals surface area contributed by atoms with Crippen molar-refractivity contribution in [2.24, 2.45) is 0 Å². The predicted octanol–water partition coefficient (Wildman–Crippen LogP) is 2.93. The number of hydrogen-bond acceptors (Lipinski definition) is 5. The fraction of sp³-hybridized carbons (Fsp3) is 0.417. The summed E-state index contributed by atoms with van der Waals surface area (Å²) in [5, 5.41) is 2.74. The maximum absolute atomic E-state index is 14.3. The third-order valence-electron chi connectivity index (χ3n) is 5.01. The lowest BCUT2D eigenvalue weighted by Gasteiger charge is -2.32. The van der Waals surface area contributed by atoms with Crippen molar-refractivity contribution in [1.29, 1.82) is 0 Å². The number of hydrogen-bond donors (Lipinski definition) is 1. The van der Waals surface area contributed by atoms with Crippen LogP contribution in [0.4, 0.5) is 10.1 Å². The van der Waals surface area contributed by atoms with Crippen LogP contribution < -0.4 is 14.4 Å². The molecule has 0 spiro atoms. The van der Waals surface area contributed by atoms with Gasteiger partial charge in [0.25, 0.3) is 0 Å². The van der Waals surface area contributed by atoms with E-state index in [1.165, 1.54) is 42.2 Å². The minimum Gasteiger partial charge on any atom is -0.494 e. The molecule has 0 aromatic heterocycles. The Bertz CT molecular complexity index is 1090. The summed E-state index contributed by atoms with van der Waals surface area (Å²) in [6, 6.07) is 11.1. The van der Waals surface area contributed by atoms with Crippen LogP contribution in [0.5, 0.6) is 5.75 Å². The zero-order chi connectivity index (χ0) is 25.5. The molecular weight excluding hydrogens is 461 g/mol. The minimum absolute atomic E-state index is 0.170. The lowest BCUT2D eigenvalue weighted by Crippen LogP contribution is -2.52. The van der Waals surface area contributed by atoms with Crippen molar-refractivity contribution < 1.29 is 27.1 Å². The van der Waals surface area contributed by atoms with Gasteiger partial charge in [-0.2, -0.15) is 0 Å². The number of benzene rings is 2. The molecule has 10 heteroatoms. The average Bonchev–Trinajstić information content (AvgIpc) is 2.76. The van der Waals surface area contributed by atoms with Crippen LogP contribution in [0.3, 0.4) is 0 Å². The third kappa shape index (κ3) is 7.44. The summed E-state index contributed by atoms with van der Waals surface area (Å²) in [6.07, 6.45) is 0.993. The van der Waals surface area contributed by atoms with E-state index < -0.39 is 40.2 Å². The van der Waals surface area contributed by atoms with Crippen molar-refractivity contribution in [3.8, 4) is 5.75 Å². The van der Waals surface area contributed by atoms with E-state index in [1.54, 1.807) is 32.0 Å². The Labute approximate surface area is 200 Å². The van der Waals surface area contributed by atoms with Gasteiger partial charge in [0.05, 0.1) is 18.6 Å². The molecule has 0 aliphatic carbocycles. The fourth-order valence-corrected chi connectivity index (χ4v) is 4.14. The van der Waals surface area contributed by atoms with E-state index >= 15 is 0 Å². The molecule has 1 unspecified atom stereocenters. The molecule has 0 bridgehead atoms. The summed E-state index contributed by atoms with van der Waals surface area (Å²) in [5.74, 6) is -1.03. The Hall–Kier alpha value is -3.14. The van der Waals surface area contributed by atoms with E-state index in [2.05, 4.69) is 5.32 Å². The Balaban J connectivity index is 2.38. The first-order chi connectivity index (χ1) is 15.9. The van der Waals surface area contributed by atoms with Crippen LogP contribution >= 0.6 is 0 Å². The molecule has 8 nitrogen and oxygen atoms in total. The van der Waals surface area contributed by atoms with Crippen molar-refractivity contribution in [3.05, 3.63) is 59.9 Å². The summed E-state index contributed by atoms with van der Waals surface area (Å²) >= 11 is 0. The highest BCUT2D eigenvalue weighted by atomic mass is 32.2. The lowest BCUT2D eigenvalue weighted by atomic mass is 10.1. The summed E-state index contributed by atoms with van der Waals surface area (Å²) < 4.78 is 45.8. The molecule has 2 rings (SSSR count). The molecule has 34 heavy (non-hydrogen) atoms. The predicted molar refractivity (Wildman–Crippen MR) is 129 cm³/mol. The molecule has 2 amide bonds. The number of nitrogens with zero attached hydrogens (tertiary/aromatic N) is 2. The van der Waals surface area contributed by atoms with Crippen LogP contribution in [0.15, 0.2) is 48.5 Å². The smallest absolute Gasteiger partial charge is 0.244 e. The highest BCUT2D eigenvalue weighted by molar-refractivity contribution is 7.92. The van der Waals surface area contributed by atoms with Crippen LogP contribution in [0.2, 0.25) is 0 Å². The molecule has 1 N–H and O–H groups in total. The second-order valence-corrected chi connectivity index (χ2v) is 10.1. The Morgan fingerprint density at radius 1 is 1.06 bits per heavy atom. The first-order valence-corrected chi connectivity index (χ1v) is 12.8. The number of nitrogens with one attached hydrogen (secondary N) is 1. The van der Waals surface area contributed by atoms with Crippen molar-refractivity contribution in [2.75, 3.05) is 23.7 Å². The van der Waals surface area contributed by atoms with E-state index in [-0.39, 0.29) is 23.8 Å². The summed E-state index contributed by atoms with van der Waals surface area (Å²) in [4.78, 5) is 27.2. The minimum atomic E-state index is -3.85. The summed E-state index contributed by atoms with van der Waals surface area (Å²) in [6.45, 7) is 6.62. The van der Waals surface area contributed by atoms with E-state index in [0.717, 1.165) is 10.6 Å². The van der Waals surface area contributed by atoms with Gasteiger partial charge in [-0.25, -0.2) is 12.8 Å². The van der Waals surface area contributed by atoms with Crippen LogP contribution in [0, 0.1) is 5.82 Å². The molecule has 186 valence electrons. The van der Waals surface area contributed by atoms with Crippen LogP contribution in [-0.2, 0) is 26.2 Å². The van der Waals surface area contributed by atoms with Crippen LogP contribution in [-0.4, -0.2) is 56.6 Å². The van der Waals surface area contributed by atoms with Gasteiger partial charge in [0.2, 0.25) is 21.8 Å². The second kappa shape index (κ2) is 11.8. The topological polar surface area (TPSA) is 96.0 Å². The van der Waals surface area contributed by atoms with E-state index in [4.69, 9.17) is 4.74 Å². The third-order valence-corrected chi connectivity index (χ3v) is 6.15. The quantitative estimate of drug-likeness (QED) is 0.519. The van der Waals surface area contributed by atoms with Crippen LogP contribution in [0.1, 0.15) is 33.3 Å². The van der Waals surface area contributed by atoms with Crippen molar-refractivity contribution in [3.63, 3.8) is 0 Å². The maximum Gasteiger partial charge on any atom is 0.244 e. The molecule has 0 aliphatic heterocycles. The number of halogens is 1. The zero-order valence-electron chi connectivity index (χ0n) is 20.1. The molecule has 2 aromatic carbocycles. The van der Waals surface area contributed by atoms with Gasteiger partial charge in [-0.3, -0.25) is 13.9 Å². The number of anilines is 1. The maximum atomic E-state index is 14.3. The average molecular weight is 494 g/mol. The van der Waals surface area contributed by atoms with E-state index in [0.29, 0.717) is 12.4 Å². The summed E-state index contributed by atoms with van der Waals surface area (Å²) in [7, 11) is -3.85. The van der Waals surface area contributed by atoms with Gasteiger partial charge in [0.15, 0.2) is 0 Å². The number of amides is 2. The number of ether oxygens (including phenoxy) is 1. The lowest BCUT2D eigenvalue weighted by molar-refractivity contribution is -0.139. The molecule has 0 heterocycles. The standard InChI is InChI=1S/C24H32FN3O5S/c1-6-33-21-13-11-20(12-14-21)28(34(5,31)32)16-23(29)27(18(4)24(30)26-17(2)3)15-19-9-7-8-10-22(19)25/h7-14,17-18H,6,15-16H2,1-5H3,(H,26,30). The first-order valence-electron chi connectivity index (χ1n) is 11.0. The van der Waals surface area contributed by atoms with Gasteiger partial charge in [0.1, 0.15) is 24.2 Å². The largest absolute Gasteiger partial charge is 0.494 e.